The number of carbonyl (C=O) groups is 1. The molecule has 1 saturated heterocycles. The highest BCUT2D eigenvalue weighted by atomic mass is 35.5. The summed E-state index contributed by atoms with van der Waals surface area (Å²) in [6, 6.07) is 16.2. The predicted octanol–water partition coefficient (Wildman–Crippen LogP) is 5.24. The van der Waals surface area contributed by atoms with E-state index < -0.39 is 6.29 Å². The monoisotopic (exact) mass is 399 g/mol. The van der Waals surface area contributed by atoms with Gasteiger partial charge in [-0.2, -0.15) is 0 Å². The second kappa shape index (κ2) is 7.90. The molecular formula is C21H18ClNO3S. The van der Waals surface area contributed by atoms with Crippen LogP contribution in [0, 0.1) is 6.92 Å². The van der Waals surface area contributed by atoms with Crippen molar-refractivity contribution < 1.29 is 14.3 Å². The van der Waals surface area contributed by atoms with Crippen LogP contribution in [0.3, 0.4) is 0 Å². The molecule has 1 aliphatic heterocycles. The Balaban J connectivity index is 1.58. The van der Waals surface area contributed by atoms with Crippen LogP contribution in [0.15, 0.2) is 48.5 Å². The Kier molecular flexibility index (Phi) is 5.36. The lowest BCUT2D eigenvalue weighted by Gasteiger charge is -2.11. The normalized spacial score (nSPS) is 14.6. The first-order valence-electron chi connectivity index (χ1n) is 8.70. The average Bonchev–Trinajstić information content (AvgIpc) is 3.33. The Bertz CT molecular complexity index is 965. The quantitative estimate of drug-likeness (QED) is 0.550. The SMILES string of the molecule is Cc1c(CC(=O)c2nc(Cl)c(C3OCCO3)s2)cccc1-c1ccccc1. The van der Waals surface area contributed by atoms with Crippen LogP contribution in [-0.2, 0) is 15.9 Å². The van der Waals surface area contributed by atoms with Crippen LogP contribution in [0.4, 0.5) is 0 Å². The molecule has 2 heterocycles. The fourth-order valence-electron chi connectivity index (χ4n) is 3.14. The van der Waals surface area contributed by atoms with E-state index in [9.17, 15) is 4.79 Å². The van der Waals surface area contributed by atoms with Crippen LogP contribution in [0.5, 0.6) is 0 Å². The summed E-state index contributed by atoms with van der Waals surface area (Å²) in [5.74, 6) is -0.0561. The van der Waals surface area contributed by atoms with E-state index in [0.717, 1.165) is 22.3 Å². The molecule has 1 fully saturated rings. The molecule has 1 aromatic heterocycles. The molecule has 0 amide bonds. The van der Waals surface area contributed by atoms with Crippen LogP contribution in [0.25, 0.3) is 11.1 Å². The van der Waals surface area contributed by atoms with Crippen LogP contribution in [0.2, 0.25) is 5.15 Å². The topological polar surface area (TPSA) is 48.4 Å². The van der Waals surface area contributed by atoms with Gasteiger partial charge < -0.3 is 9.47 Å². The largest absolute Gasteiger partial charge is 0.345 e. The number of hydrogen-bond donors (Lipinski definition) is 0. The van der Waals surface area contributed by atoms with E-state index in [1.807, 2.05) is 37.3 Å². The average molecular weight is 400 g/mol. The molecule has 138 valence electrons. The summed E-state index contributed by atoms with van der Waals surface area (Å²) in [4.78, 5) is 17.7. The van der Waals surface area contributed by atoms with Crippen LogP contribution >= 0.6 is 22.9 Å². The number of Topliss-reactive ketones (excluding diaryl/α,β-unsaturated/α-hetero) is 1. The van der Waals surface area contributed by atoms with E-state index >= 15 is 0 Å². The second-order valence-corrected chi connectivity index (χ2v) is 7.69. The van der Waals surface area contributed by atoms with Gasteiger partial charge in [0.15, 0.2) is 17.1 Å². The third-order valence-corrected chi connectivity index (χ3v) is 6.08. The minimum absolute atomic E-state index is 0.0561. The molecule has 0 spiro atoms. The van der Waals surface area contributed by atoms with Gasteiger partial charge in [0.25, 0.3) is 0 Å². The summed E-state index contributed by atoms with van der Waals surface area (Å²) in [7, 11) is 0. The summed E-state index contributed by atoms with van der Waals surface area (Å²) in [5, 5.41) is 0.670. The predicted molar refractivity (Wildman–Crippen MR) is 106 cm³/mol. The number of rotatable bonds is 5. The molecule has 3 aromatic rings. The van der Waals surface area contributed by atoms with E-state index in [1.54, 1.807) is 0 Å². The number of thiazole rings is 1. The van der Waals surface area contributed by atoms with Crippen molar-refractivity contribution in [1.29, 1.82) is 0 Å². The van der Waals surface area contributed by atoms with Gasteiger partial charge in [0.2, 0.25) is 0 Å². The van der Waals surface area contributed by atoms with Crippen molar-refractivity contribution in [2.75, 3.05) is 13.2 Å². The molecular weight excluding hydrogens is 382 g/mol. The van der Waals surface area contributed by atoms with Gasteiger partial charge in [-0.1, -0.05) is 60.1 Å². The van der Waals surface area contributed by atoms with Gasteiger partial charge in [-0.15, -0.1) is 11.3 Å². The number of aromatic nitrogens is 1. The maximum Gasteiger partial charge on any atom is 0.196 e. The third kappa shape index (κ3) is 3.82. The standard InChI is InChI=1S/C21H18ClNO3S/c1-13-15(8-5-9-16(13)14-6-3-2-4-7-14)12-17(24)20-23-19(22)18(27-20)21-25-10-11-26-21/h2-9,21H,10-12H2,1H3. The van der Waals surface area contributed by atoms with Crippen molar-refractivity contribution in [3.05, 3.63) is 74.7 Å². The van der Waals surface area contributed by atoms with E-state index in [4.69, 9.17) is 21.1 Å². The summed E-state index contributed by atoms with van der Waals surface area (Å²) < 4.78 is 10.9. The molecule has 4 nitrogen and oxygen atoms in total. The lowest BCUT2D eigenvalue weighted by atomic mass is 9.94. The lowest BCUT2D eigenvalue weighted by Crippen LogP contribution is -2.05. The Morgan fingerprint density at radius 2 is 1.89 bits per heavy atom. The summed E-state index contributed by atoms with van der Waals surface area (Å²) in [6.45, 7) is 3.09. The molecule has 4 rings (SSSR count). The Morgan fingerprint density at radius 3 is 2.63 bits per heavy atom. The first kappa shape index (κ1) is 18.3. The van der Waals surface area contributed by atoms with Gasteiger partial charge in [-0.3, -0.25) is 4.79 Å². The number of carbonyl (C=O) groups excluding carboxylic acids is 1. The lowest BCUT2D eigenvalue weighted by molar-refractivity contribution is -0.0413. The molecule has 0 N–H and O–H groups in total. The van der Waals surface area contributed by atoms with Crippen molar-refractivity contribution in [1.82, 2.24) is 4.98 Å². The third-order valence-electron chi connectivity index (χ3n) is 4.57. The highest BCUT2D eigenvalue weighted by Crippen LogP contribution is 2.35. The molecule has 0 radical (unpaired) electrons. The zero-order chi connectivity index (χ0) is 18.8. The Morgan fingerprint density at radius 1 is 1.15 bits per heavy atom. The summed E-state index contributed by atoms with van der Waals surface area (Å²) in [6.07, 6.45) is -0.234. The molecule has 6 heteroatoms. The van der Waals surface area contributed by atoms with E-state index in [1.165, 1.54) is 11.3 Å². The molecule has 0 saturated carbocycles. The summed E-state index contributed by atoms with van der Waals surface area (Å²) in [5.41, 5.74) is 4.36. The van der Waals surface area contributed by atoms with Gasteiger partial charge in [0.05, 0.1) is 18.1 Å². The zero-order valence-electron chi connectivity index (χ0n) is 14.8. The van der Waals surface area contributed by atoms with Gasteiger partial charge in [0, 0.05) is 6.42 Å². The number of ketones is 1. The number of ether oxygens (including phenoxy) is 2. The summed E-state index contributed by atoms with van der Waals surface area (Å²) >= 11 is 7.44. The zero-order valence-corrected chi connectivity index (χ0v) is 16.3. The molecule has 0 atom stereocenters. The van der Waals surface area contributed by atoms with Gasteiger partial charge in [-0.25, -0.2) is 4.98 Å². The molecule has 0 bridgehead atoms. The highest BCUT2D eigenvalue weighted by molar-refractivity contribution is 7.14. The minimum Gasteiger partial charge on any atom is -0.345 e. The Labute approximate surface area is 166 Å². The smallest absolute Gasteiger partial charge is 0.196 e. The molecule has 1 aliphatic rings. The molecule has 27 heavy (non-hydrogen) atoms. The molecule has 2 aromatic carbocycles. The van der Waals surface area contributed by atoms with Crippen molar-refractivity contribution in [3.8, 4) is 11.1 Å². The van der Waals surface area contributed by atoms with Crippen molar-refractivity contribution >= 4 is 28.7 Å². The number of benzene rings is 2. The van der Waals surface area contributed by atoms with Gasteiger partial charge in [-0.05, 0) is 29.2 Å². The van der Waals surface area contributed by atoms with E-state index in [0.29, 0.717) is 23.1 Å². The van der Waals surface area contributed by atoms with Crippen LogP contribution in [-0.4, -0.2) is 24.0 Å². The van der Waals surface area contributed by atoms with Gasteiger partial charge >= 0.3 is 0 Å². The molecule has 0 aliphatic carbocycles. The highest BCUT2D eigenvalue weighted by Gasteiger charge is 2.26. The van der Waals surface area contributed by atoms with Crippen molar-refractivity contribution in [2.45, 2.75) is 19.6 Å². The number of halogens is 1. The van der Waals surface area contributed by atoms with Crippen molar-refractivity contribution in [2.24, 2.45) is 0 Å². The first-order chi connectivity index (χ1) is 13.1. The maximum atomic E-state index is 12.8. The van der Waals surface area contributed by atoms with E-state index in [-0.39, 0.29) is 17.4 Å². The van der Waals surface area contributed by atoms with Crippen LogP contribution < -0.4 is 0 Å². The first-order valence-corrected chi connectivity index (χ1v) is 9.89. The molecule has 0 unspecified atom stereocenters. The van der Waals surface area contributed by atoms with Crippen molar-refractivity contribution in [3.63, 3.8) is 0 Å². The minimum atomic E-state index is -0.514. The van der Waals surface area contributed by atoms with E-state index in [2.05, 4.69) is 23.2 Å². The fraction of sp³-hybridized carbons (Fsp3) is 0.238. The van der Waals surface area contributed by atoms with Gasteiger partial charge in [0.1, 0.15) is 5.15 Å². The second-order valence-electron chi connectivity index (χ2n) is 6.30. The van der Waals surface area contributed by atoms with Crippen LogP contribution in [0.1, 0.15) is 32.1 Å². The Hall–Kier alpha value is -2.05. The number of hydrogen-bond acceptors (Lipinski definition) is 5. The number of nitrogens with zero attached hydrogens (tertiary/aromatic N) is 1. The maximum absolute atomic E-state index is 12.8. The fourth-order valence-corrected chi connectivity index (χ4v) is 4.37.